The Balaban J connectivity index is 1.75. The summed E-state index contributed by atoms with van der Waals surface area (Å²) in [6, 6.07) is 12.5. The van der Waals surface area contributed by atoms with Crippen LogP contribution in [0.1, 0.15) is 25.3 Å². The van der Waals surface area contributed by atoms with Crippen LogP contribution in [0, 0.1) is 12.8 Å². The van der Waals surface area contributed by atoms with Crippen molar-refractivity contribution in [3.05, 3.63) is 48.0 Å². The maximum Gasteiger partial charge on any atom is 0.243 e. The van der Waals surface area contributed by atoms with E-state index >= 15 is 0 Å². The Kier molecular flexibility index (Phi) is 7.44. The lowest BCUT2D eigenvalue weighted by molar-refractivity contribution is -0.120. The predicted molar refractivity (Wildman–Crippen MR) is 121 cm³/mol. The summed E-state index contributed by atoms with van der Waals surface area (Å²) < 4.78 is 33.3. The third-order valence-electron chi connectivity index (χ3n) is 5.20. The highest BCUT2D eigenvalue weighted by molar-refractivity contribution is 7.98. The molecule has 0 radical (unpaired) electrons. The molecular formula is C22H28N2O4S2. The van der Waals surface area contributed by atoms with Crippen LogP contribution in [0.15, 0.2) is 52.3 Å². The molecule has 1 N–H and O–H groups in total. The lowest BCUT2D eigenvalue weighted by Gasteiger charge is -2.31. The minimum atomic E-state index is -3.67. The van der Waals surface area contributed by atoms with E-state index in [-0.39, 0.29) is 23.3 Å². The van der Waals surface area contributed by atoms with Gasteiger partial charge in [0.05, 0.1) is 23.1 Å². The molecular weight excluding hydrogens is 420 g/mol. The lowest BCUT2D eigenvalue weighted by Crippen LogP contribution is -2.43. The molecule has 1 amide bonds. The molecule has 0 spiro atoms. The number of sulfonamides is 1. The minimum Gasteiger partial charge on any atom is -0.494 e. The average Bonchev–Trinajstić information content (AvgIpc) is 2.75. The molecule has 1 aliphatic heterocycles. The molecule has 1 heterocycles. The van der Waals surface area contributed by atoms with Gasteiger partial charge in [-0.05, 0) is 68.8 Å². The molecule has 6 nitrogen and oxygen atoms in total. The minimum absolute atomic E-state index is 0.140. The summed E-state index contributed by atoms with van der Waals surface area (Å²) in [6.45, 7) is 4.84. The van der Waals surface area contributed by atoms with Crippen molar-refractivity contribution in [1.82, 2.24) is 4.31 Å². The van der Waals surface area contributed by atoms with Crippen LogP contribution in [-0.2, 0) is 14.8 Å². The van der Waals surface area contributed by atoms with Crippen molar-refractivity contribution in [2.24, 2.45) is 5.92 Å². The van der Waals surface area contributed by atoms with Gasteiger partial charge in [0.1, 0.15) is 5.75 Å². The number of hydrogen-bond acceptors (Lipinski definition) is 5. The Hall–Kier alpha value is -2.03. The number of thioether (sulfide) groups is 1. The third kappa shape index (κ3) is 4.99. The van der Waals surface area contributed by atoms with E-state index in [4.69, 9.17) is 4.74 Å². The summed E-state index contributed by atoms with van der Waals surface area (Å²) in [5.74, 6) is 0.159. The molecule has 0 aromatic heterocycles. The number of para-hydroxylation sites is 1. The van der Waals surface area contributed by atoms with Gasteiger partial charge in [-0.1, -0.05) is 12.1 Å². The van der Waals surface area contributed by atoms with Gasteiger partial charge < -0.3 is 10.1 Å². The molecule has 30 heavy (non-hydrogen) atoms. The average molecular weight is 449 g/mol. The Morgan fingerprint density at radius 2 is 2.03 bits per heavy atom. The largest absolute Gasteiger partial charge is 0.494 e. The van der Waals surface area contributed by atoms with E-state index in [1.165, 1.54) is 4.31 Å². The first-order valence-electron chi connectivity index (χ1n) is 10.0. The monoisotopic (exact) mass is 448 g/mol. The second-order valence-electron chi connectivity index (χ2n) is 7.25. The highest BCUT2D eigenvalue weighted by Crippen LogP contribution is 2.29. The van der Waals surface area contributed by atoms with E-state index in [1.807, 2.05) is 44.4 Å². The first-order valence-corrected chi connectivity index (χ1v) is 12.7. The predicted octanol–water partition coefficient (Wildman–Crippen LogP) is 4.16. The summed E-state index contributed by atoms with van der Waals surface area (Å²) in [6.07, 6.45) is 3.28. The summed E-state index contributed by atoms with van der Waals surface area (Å²) in [4.78, 5) is 14.1. The molecule has 2 aromatic rings. The first kappa shape index (κ1) is 22.7. The zero-order valence-corrected chi connectivity index (χ0v) is 19.2. The van der Waals surface area contributed by atoms with Crippen molar-refractivity contribution in [3.8, 4) is 5.75 Å². The van der Waals surface area contributed by atoms with Crippen molar-refractivity contribution in [1.29, 1.82) is 0 Å². The van der Waals surface area contributed by atoms with Crippen LogP contribution in [-0.4, -0.2) is 44.6 Å². The molecule has 0 unspecified atom stereocenters. The second-order valence-corrected chi connectivity index (χ2v) is 10.0. The lowest BCUT2D eigenvalue weighted by atomic mass is 9.99. The molecule has 0 saturated carbocycles. The SMILES string of the molecule is CCOc1ccc(S(=O)(=O)N2CCC[C@H](C(=O)Nc3ccccc3SC)C2)cc1C. The second kappa shape index (κ2) is 9.85. The van der Waals surface area contributed by atoms with Crippen LogP contribution in [0.5, 0.6) is 5.75 Å². The van der Waals surface area contributed by atoms with Crippen molar-refractivity contribution < 1.29 is 17.9 Å². The van der Waals surface area contributed by atoms with Crippen LogP contribution in [0.4, 0.5) is 5.69 Å². The normalized spacial score (nSPS) is 17.5. The topological polar surface area (TPSA) is 75.7 Å². The summed E-state index contributed by atoms with van der Waals surface area (Å²) in [7, 11) is -3.67. The Labute approximate surface area is 183 Å². The fourth-order valence-corrected chi connectivity index (χ4v) is 5.77. The van der Waals surface area contributed by atoms with Crippen molar-refractivity contribution in [3.63, 3.8) is 0 Å². The molecule has 0 aliphatic carbocycles. The molecule has 3 rings (SSSR count). The van der Waals surface area contributed by atoms with Gasteiger partial charge in [-0.15, -0.1) is 11.8 Å². The van der Waals surface area contributed by atoms with E-state index in [2.05, 4.69) is 5.32 Å². The van der Waals surface area contributed by atoms with E-state index in [1.54, 1.807) is 30.0 Å². The number of nitrogens with zero attached hydrogens (tertiary/aromatic N) is 1. The highest BCUT2D eigenvalue weighted by atomic mass is 32.2. The van der Waals surface area contributed by atoms with Crippen LogP contribution in [0.2, 0.25) is 0 Å². The van der Waals surface area contributed by atoms with E-state index in [0.29, 0.717) is 31.7 Å². The first-order chi connectivity index (χ1) is 14.4. The fourth-order valence-electron chi connectivity index (χ4n) is 3.61. The number of amides is 1. The van der Waals surface area contributed by atoms with Gasteiger partial charge in [0.2, 0.25) is 15.9 Å². The summed E-state index contributed by atoms with van der Waals surface area (Å²) in [5, 5.41) is 2.98. The van der Waals surface area contributed by atoms with Crippen molar-refractivity contribution in [2.45, 2.75) is 36.5 Å². The number of carbonyl (C=O) groups is 1. The molecule has 1 fully saturated rings. The van der Waals surface area contributed by atoms with Gasteiger partial charge in [0, 0.05) is 18.0 Å². The van der Waals surface area contributed by atoms with Crippen LogP contribution < -0.4 is 10.1 Å². The molecule has 0 bridgehead atoms. The number of rotatable bonds is 7. The Morgan fingerprint density at radius 1 is 1.27 bits per heavy atom. The molecule has 1 saturated heterocycles. The zero-order chi connectivity index (χ0) is 21.7. The molecule has 8 heteroatoms. The standard InChI is InChI=1S/C22H28N2O4S2/c1-4-28-20-12-11-18(14-16(20)2)30(26,27)24-13-7-8-17(15-24)22(25)23-19-9-5-6-10-21(19)29-3/h5-6,9-12,14,17H,4,7-8,13,15H2,1-3H3,(H,23,25)/t17-/m0/s1. The van der Waals surface area contributed by atoms with Crippen LogP contribution >= 0.6 is 11.8 Å². The van der Waals surface area contributed by atoms with Gasteiger partial charge in [-0.25, -0.2) is 8.42 Å². The van der Waals surface area contributed by atoms with Crippen molar-refractivity contribution >= 4 is 33.4 Å². The van der Waals surface area contributed by atoms with Gasteiger partial charge in [0.25, 0.3) is 0 Å². The molecule has 2 aromatic carbocycles. The molecule has 162 valence electrons. The van der Waals surface area contributed by atoms with E-state index in [0.717, 1.165) is 16.1 Å². The Morgan fingerprint density at radius 3 is 2.73 bits per heavy atom. The summed E-state index contributed by atoms with van der Waals surface area (Å²) in [5.41, 5.74) is 1.54. The number of anilines is 1. The molecule has 1 atom stereocenters. The quantitative estimate of drug-likeness (QED) is 0.644. The number of ether oxygens (including phenoxy) is 1. The van der Waals surface area contributed by atoms with Crippen molar-refractivity contribution in [2.75, 3.05) is 31.3 Å². The highest BCUT2D eigenvalue weighted by Gasteiger charge is 2.33. The zero-order valence-electron chi connectivity index (χ0n) is 17.6. The Bertz CT molecular complexity index is 1010. The van der Waals surface area contributed by atoms with E-state index in [9.17, 15) is 13.2 Å². The maximum atomic E-state index is 13.2. The van der Waals surface area contributed by atoms with Gasteiger partial charge in [0.15, 0.2) is 0 Å². The van der Waals surface area contributed by atoms with Crippen LogP contribution in [0.25, 0.3) is 0 Å². The van der Waals surface area contributed by atoms with Gasteiger partial charge >= 0.3 is 0 Å². The maximum absolute atomic E-state index is 13.2. The number of hydrogen-bond donors (Lipinski definition) is 1. The molecule has 1 aliphatic rings. The fraction of sp³-hybridized carbons (Fsp3) is 0.409. The number of aryl methyl sites for hydroxylation is 1. The summed E-state index contributed by atoms with van der Waals surface area (Å²) >= 11 is 1.56. The van der Waals surface area contributed by atoms with E-state index < -0.39 is 10.0 Å². The number of carbonyl (C=O) groups excluding carboxylic acids is 1. The van der Waals surface area contributed by atoms with Crippen LogP contribution in [0.3, 0.4) is 0 Å². The third-order valence-corrected chi connectivity index (χ3v) is 7.86. The number of nitrogens with one attached hydrogen (secondary N) is 1. The van der Waals surface area contributed by atoms with Gasteiger partial charge in [-0.3, -0.25) is 4.79 Å². The number of piperidine rings is 1. The van der Waals surface area contributed by atoms with Gasteiger partial charge in [-0.2, -0.15) is 4.31 Å². The number of benzene rings is 2. The smallest absolute Gasteiger partial charge is 0.243 e.